The van der Waals surface area contributed by atoms with Gasteiger partial charge in [-0.15, -0.1) is 0 Å². The van der Waals surface area contributed by atoms with Crippen LogP contribution in [0.4, 0.5) is 13.2 Å². The summed E-state index contributed by atoms with van der Waals surface area (Å²) in [5.41, 5.74) is 2.40. The molecule has 0 aliphatic rings. The summed E-state index contributed by atoms with van der Waals surface area (Å²) in [6, 6.07) is 17.1. The SMILES string of the molecule is FC(F)(F)c1ccc2nn(-c3ccccc3)c(-c3ccc4[nH]ncc4c3)c2n1. The number of hydrogen-bond donors (Lipinski definition) is 1. The van der Waals surface area contributed by atoms with E-state index in [4.69, 9.17) is 0 Å². The lowest BCUT2D eigenvalue weighted by Gasteiger charge is -2.09. The molecule has 138 valence electrons. The van der Waals surface area contributed by atoms with Crippen molar-refractivity contribution in [3.05, 3.63) is 72.6 Å². The average Bonchev–Trinajstić information content (AvgIpc) is 3.31. The number of aromatic amines is 1. The van der Waals surface area contributed by atoms with Gasteiger partial charge in [0.05, 0.1) is 17.4 Å². The second-order valence-corrected chi connectivity index (χ2v) is 6.33. The molecule has 0 fully saturated rings. The third kappa shape index (κ3) is 2.61. The van der Waals surface area contributed by atoms with E-state index < -0.39 is 11.9 Å². The molecule has 1 N–H and O–H groups in total. The Balaban J connectivity index is 1.84. The Morgan fingerprint density at radius 3 is 2.54 bits per heavy atom. The van der Waals surface area contributed by atoms with Gasteiger partial charge in [0.1, 0.15) is 22.4 Å². The molecule has 28 heavy (non-hydrogen) atoms. The summed E-state index contributed by atoms with van der Waals surface area (Å²) in [6.45, 7) is 0. The van der Waals surface area contributed by atoms with Gasteiger partial charge in [-0.05, 0) is 36.4 Å². The number of para-hydroxylation sites is 1. The van der Waals surface area contributed by atoms with E-state index in [-0.39, 0.29) is 5.52 Å². The Kier molecular flexibility index (Phi) is 3.48. The average molecular weight is 379 g/mol. The first-order chi connectivity index (χ1) is 13.5. The number of nitrogens with one attached hydrogen (secondary N) is 1. The van der Waals surface area contributed by atoms with E-state index in [2.05, 4.69) is 20.3 Å². The maximum absolute atomic E-state index is 13.2. The monoisotopic (exact) mass is 379 g/mol. The van der Waals surface area contributed by atoms with E-state index in [1.165, 1.54) is 6.07 Å². The third-order valence-electron chi connectivity index (χ3n) is 4.52. The molecule has 0 aliphatic heterocycles. The highest BCUT2D eigenvalue weighted by molar-refractivity contribution is 5.94. The molecule has 0 amide bonds. The first-order valence-electron chi connectivity index (χ1n) is 8.46. The highest BCUT2D eigenvalue weighted by Crippen LogP contribution is 2.34. The predicted molar refractivity (Wildman–Crippen MR) is 99.0 cm³/mol. The van der Waals surface area contributed by atoms with Crippen molar-refractivity contribution < 1.29 is 13.2 Å². The van der Waals surface area contributed by atoms with Crippen molar-refractivity contribution in [1.29, 1.82) is 0 Å². The number of rotatable bonds is 2. The fourth-order valence-electron chi connectivity index (χ4n) is 3.23. The Bertz CT molecular complexity index is 1300. The quantitative estimate of drug-likeness (QED) is 0.470. The van der Waals surface area contributed by atoms with E-state index in [0.717, 1.165) is 22.7 Å². The summed E-state index contributed by atoms with van der Waals surface area (Å²) in [5.74, 6) is 0. The number of aromatic nitrogens is 5. The van der Waals surface area contributed by atoms with Gasteiger partial charge in [-0.1, -0.05) is 24.3 Å². The van der Waals surface area contributed by atoms with Gasteiger partial charge in [-0.25, -0.2) is 9.67 Å². The fraction of sp³-hybridized carbons (Fsp3) is 0.0500. The number of fused-ring (bicyclic) bond motifs is 2. The molecule has 8 heteroatoms. The van der Waals surface area contributed by atoms with Crippen LogP contribution in [0.1, 0.15) is 5.69 Å². The first kappa shape index (κ1) is 16.5. The topological polar surface area (TPSA) is 59.4 Å². The molecule has 0 radical (unpaired) electrons. The van der Waals surface area contributed by atoms with Crippen LogP contribution in [-0.4, -0.2) is 25.0 Å². The van der Waals surface area contributed by atoms with Crippen LogP contribution in [0.2, 0.25) is 0 Å². The molecule has 2 aromatic carbocycles. The lowest BCUT2D eigenvalue weighted by atomic mass is 10.1. The molecular weight excluding hydrogens is 367 g/mol. The van der Waals surface area contributed by atoms with E-state index in [1.54, 1.807) is 10.9 Å². The van der Waals surface area contributed by atoms with Crippen LogP contribution >= 0.6 is 0 Å². The van der Waals surface area contributed by atoms with Gasteiger partial charge in [0.25, 0.3) is 0 Å². The molecule has 0 saturated heterocycles. The molecular formula is C20H12F3N5. The maximum Gasteiger partial charge on any atom is 0.433 e. The minimum Gasteiger partial charge on any atom is -0.278 e. The molecule has 5 rings (SSSR count). The fourth-order valence-corrected chi connectivity index (χ4v) is 3.23. The molecule has 0 aliphatic carbocycles. The molecule has 0 unspecified atom stereocenters. The van der Waals surface area contributed by atoms with Crippen LogP contribution in [0, 0.1) is 0 Å². The van der Waals surface area contributed by atoms with E-state index >= 15 is 0 Å². The van der Waals surface area contributed by atoms with Crippen LogP contribution in [0.15, 0.2) is 66.9 Å². The van der Waals surface area contributed by atoms with E-state index in [9.17, 15) is 13.2 Å². The van der Waals surface area contributed by atoms with E-state index in [0.29, 0.717) is 16.8 Å². The zero-order valence-corrected chi connectivity index (χ0v) is 14.3. The molecule has 0 atom stereocenters. The summed E-state index contributed by atoms with van der Waals surface area (Å²) in [5, 5.41) is 12.2. The standard InChI is InChI=1S/C20H12F3N5/c21-20(22,23)17-9-8-16-18(25-17)19(28(27-16)14-4-2-1-3-5-14)12-6-7-15-13(10-12)11-24-26-15/h1-11H,(H,24,26). The first-order valence-corrected chi connectivity index (χ1v) is 8.46. The number of pyridine rings is 1. The number of halogens is 3. The van der Waals surface area contributed by atoms with Crippen molar-refractivity contribution in [2.45, 2.75) is 6.18 Å². The zero-order chi connectivity index (χ0) is 19.3. The molecule has 0 spiro atoms. The van der Waals surface area contributed by atoms with Gasteiger partial charge < -0.3 is 0 Å². The molecule has 5 nitrogen and oxygen atoms in total. The molecule has 5 aromatic rings. The molecule has 3 heterocycles. The Morgan fingerprint density at radius 1 is 0.929 bits per heavy atom. The van der Waals surface area contributed by atoms with Crippen molar-refractivity contribution in [3.8, 4) is 16.9 Å². The van der Waals surface area contributed by atoms with Crippen LogP contribution in [0.5, 0.6) is 0 Å². The number of hydrogen-bond acceptors (Lipinski definition) is 3. The maximum atomic E-state index is 13.2. The van der Waals surface area contributed by atoms with Crippen molar-refractivity contribution in [2.24, 2.45) is 0 Å². The normalized spacial score (nSPS) is 12.1. The largest absolute Gasteiger partial charge is 0.433 e. The van der Waals surface area contributed by atoms with Gasteiger partial charge in [0, 0.05) is 10.9 Å². The second kappa shape index (κ2) is 5.91. The van der Waals surface area contributed by atoms with Crippen LogP contribution in [-0.2, 0) is 6.18 Å². The summed E-state index contributed by atoms with van der Waals surface area (Å²) >= 11 is 0. The Morgan fingerprint density at radius 2 is 1.75 bits per heavy atom. The summed E-state index contributed by atoms with van der Waals surface area (Å²) < 4.78 is 41.4. The van der Waals surface area contributed by atoms with Crippen LogP contribution in [0.25, 0.3) is 38.9 Å². The van der Waals surface area contributed by atoms with Gasteiger partial charge >= 0.3 is 6.18 Å². The lowest BCUT2D eigenvalue weighted by Crippen LogP contribution is -2.07. The highest BCUT2D eigenvalue weighted by Gasteiger charge is 2.33. The van der Waals surface area contributed by atoms with Gasteiger partial charge in [0.2, 0.25) is 0 Å². The zero-order valence-electron chi connectivity index (χ0n) is 14.3. The second-order valence-electron chi connectivity index (χ2n) is 6.33. The van der Waals surface area contributed by atoms with Crippen molar-refractivity contribution >= 4 is 21.9 Å². The number of nitrogens with zero attached hydrogens (tertiary/aromatic N) is 4. The van der Waals surface area contributed by atoms with Crippen molar-refractivity contribution in [1.82, 2.24) is 25.0 Å². The van der Waals surface area contributed by atoms with E-state index in [1.807, 2.05) is 48.5 Å². The number of benzene rings is 2. The van der Waals surface area contributed by atoms with Crippen molar-refractivity contribution in [3.63, 3.8) is 0 Å². The van der Waals surface area contributed by atoms with Gasteiger partial charge in [0.15, 0.2) is 0 Å². The third-order valence-corrected chi connectivity index (χ3v) is 4.52. The van der Waals surface area contributed by atoms with Gasteiger partial charge in [-0.3, -0.25) is 5.10 Å². The Hall–Kier alpha value is -3.68. The number of alkyl halides is 3. The Labute approximate surface area is 156 Å². The molecule has 0 saturated carbocycles. The van der Waals surface area contributed by atoms with Gasteiger partial charge in [-0.2, -0.15) is 23.4 Å². The number of H-pyrrole nitrogens is 1. The summed E-state index contributed by atoms with van der Waals surface area (Å²) in [4.78, 5) is 3.90. The minimum absolute atomic E-state index is 0.196. The van der Waals surface area contributed by atoms with Crippen LogP contribution < -0.4 is 0 Å². The summed E-state index contributed by atoms with van der Waals surface area (Å²) in [7, 11) is 0. The van der Waals surface area contributed by atoms with Crippen molar-refractivity contribution in [2.75, 3.05) is 0 Å². The molecule has 3 aromatic heterocycles. The van der Waals surface area contributed by atoms with Crippen LogP contribution in [0.3, 0.4) is 0 Å². The highest BCUT2D eigenvalue weighted by atomic mass is 19.4. The summed E-state index contributed by atoms with van der Waals surface area (Å²) in [6.07, 6.45) is -2.87. The minimum atomic E-state index is -4.53. The lowest BCUT2D eigenvalue weighted by molar-refractivity contribution is -0.140. The predicted octanol–water partition coefficient (Wildman–Crippen LogP) is 4.98. The molecule has 0 bridgehead atoms. The smallest absolute Gasteiger partial charge is 0.278 e.